The molecule has 14 nitrogen and oxygen atoms in total. The van der Waals surface area contributed by atoms with E-state index in [1.54, 1.807) is 24.1 Å². The van der Waals surface area contributed by atoms with Crippen molar-refractivity contribution >= 4 is 46.2 Å². The minimum atomic E-state index is -0.902. The Morgan fingerprint density at radius 3 is 2.48 bits per heavy atom. The van der Waals surface area contributed by atoms with E-state index < -0.39 is 17.6 Å². The Balaban J connectivity index is 1.08. The molecule has 0 bridgehead atoms. The number of aryl methyl sites for hydroxylation is 1. The highest BCUT2D eigenvalue weighted by Gasteiger charge is 2.47. The number of carbonyl (C=O) groups excluding carboxylic acids is 3. The molecule has 0 fully saturated rings. The molecule has 0 radical (unpaired) electrons. The highest BCUT2D eigenvalue weighted by atomic mass is 16.3. The summed E-state index contributed by atoms with van der Waals surface area (Å²) in [7, 11) is 1.75. The first kappa shape index (κ1) is 35.5. The summed E-state index contributed by atoms with van der Waals surface area (Å²) in [4.78, 5) is 45.6. The van der Waals surface area contributed by atoms with Crippen LogP contribution in [0.1, 0.15) is 60.2 Å². The van der Waals surface area contributed by atoms with Gasteiger partial charge in [0.1, 0.15) is 28.9 Å². The average Bonchev–Trinajstić information content (AvgIpc) is 3.65. The number of carbonyl (C=O) groups is 3. The zero-order chi connectivity index (χ0) is 37.5. The van der Waals surface area contributed by atoms with E-state index in [-0.39, 0.29) is 46.6 Å². The van der Waals surface area contributed by atoms with Crippen molar-refractivity contribution in [3.8, 4) is 11.5 Å². The van der Waals surface area contributed by atoms with Gasteiger partial charge in [0.25, 0.3) is 5.91 Å². The fraction of sp³-hybridized carbons (Fsp3) is 0.289. The summed E-state index contributed by atoms with van der Waals surface area (Å²) in [5, 5.41) is 36.1. The molecule has 0 aliphatic carbocycles. The molecular formula is C38H43N9O5. The number of amides is 4. The van der Waals surface area contributed by atoms with E-state index in [1.807, 2.05) is 74.1 Å². The van der Waals surface area contributed by atoms with Crippen molar-refractivity contribution in [2.75, 3.05) is 18.5 Å². The Bertz CT molecular complexity index is 2150. The van der Waals surface area contributed by atoms with Gasteiger partial charge in [-0.15, -0.1) is 0 Å². The number of amidine groups is 1. The van der Waals surface area contributed by atoms with Crippen molar-refractivity contribution < 1.29 is 24.6 Å². The second-order valence-corrected chi connectivity index (χ2v) is 13.7. The first-order valence-corrected chi connectivity index (χ1v) is 17.0. The number of benzene rings is 3. The van der Waals surface area contributed by atoms with Crippen LogP contribution in [0.25, 0.3) is 10.9 Å². The van der Waals surface area contributed by atoms with Crippen molar-refractivity contribution in [1.82, 2.24) is 20.1 Å². The van der Waals surface area contributed by atoms with E-state index >= 15 is 0 Å². The lowest BCUT2D eigenvalue weighted by Crippen LogP contribution is -2.56. The third-order valence-corrected chi connectivity index (χ3v) is 9.75. The van der Waals surface area contributed by atoms with Gasteiger partial charge in [-0.25, -0.2) is 14.7 Å². The maximum Gasteiger partial charge on any atom is 0.325 e. The molecular weight excluding hydrogens is 662 g/mol. The van der Waals surface area contributed by atoms with Crippen molar-refractivity contribution in [3.05, 3.63) is 101 Å². The van der Waals surface area contributed by atoms with Gasteiger partial charge in [0, 0.05) is 48.9 Å². The number of phenolic OH excluding ortho intramolecular Hbond substituents is 2. The fourth-order valence-electron chi connectivity index (χ4n) is 6.92. The van der Waals surface area contributed by atoms with Crippen molar-refractivity contribution in [2.45, 2.75) is 51.7 Å². The van der Waals surface area contributed by atoms with Crippen LogP contribution in [0, 0.1) is 11.3 Å². The second-order valence-electron chi connectivity index (χ2n) is 13.7. The number of aromatic hydroxyl groups is 2. The summed E-state index contributed by atoms with van der Waals surface area (Å²) >= 11 is 0. The quantitative estimate of drug-likeness (QED) is 0.0948. The minimum absolute atomic E-state index is 0.0591. The number of phenols is 2. The fourth-order valence-corrected chi connectivity index (χ4v) is 6.92. The van der Waals surface area contributed by atoms with Gasteiger partial charge in [-0.05, 0) is 91.0 Å². The van der Waals surface area contributed by atoms with Gasteiger partial charge in [0.05, 0.1) is 11.3 Å². The van der Waals surface area contributed by atoms with Crippen LogP contribution in [0.5, 0.6) is 11.5 Å². The maximum atomic E-state index is 13.3. The molecule has 0 saturated heterocycles. The predicted molar refractivity (Wildman–Crippen MR) is 199 cm³/mol. The third-order valence-electron chi connectivity index (χ3n) is 9.75. The molecule has 3 heterocycles. The van der Waals surface area contributed by atoms with Crippen LogP contribution in [0.4, 0.5) is 10.5 Å². The predicted octanol–water partition coefficient (Wildman–Crippen LogP) is 4.06. The van der Waals surface area contributed by atoms with Crippen molar-refractivity contribution in [3.63, 3.8) is 0 Å². The molecule has 2 aliphatic heterocycles. The van der Waals surface area contributed by atoms with E-state index in [9.17, 15) is 24.6 Å². The number of aromatic nitrogens is 1. The van der Waals surface area contributed by atoms with Crippen LogP contribution in [0.2, 0.25) is 0 Å². The molecule has 9 N–H and O–H groups in total. The Kier molecular flexibility index (Phi) is 9.41. The van der Waals surface area contributed by atoms with Crippen molar-refractivity contribution in [2.24, 2.45) is 22.4 Å². The number of hydrogen-bond donors (Lipinski definition) is 7. The van der Waals surface area contributed by atoms with E-state index in [4.69, 9.17) is 16.9 Å². The van der Waals surface area contributed by atoms with Crippen LogP contribution in [0.15, 0.2) is 83.6 Å². The smallest absolute Gasteiger partial charge is 0.325 e. The first-order chi connectivity index (χ1) is 24.7. The maximum absolute atomic E-state index is 13.3. The largest absolute Gasteiger partial charge is 0.508 e. The van der Waals surface area contributed by atoms with Crippen molar-refractivity contribution in [1.29, 1.82) is 5.41 Å². The summed E-state index contributed by atoms with van der Waals surface area (Å²) < 4.78 is 2.00. The van der Waals surface area contributed by atoms with E-state index in [0.717, 1.165) is 33.0 Å². The highest BCUT2D eigenvalue weighted by Crippen LogP contribution is 2.36. The van der Waals surface area contributed by atoms with Gasteiger partial charge in [-0.2, -0.15) is 0 Å². The van der Waals surface area contributed by atoms with Crippen LogP contribution in [0.3, 0.4) is 0 Å². The topological polar surface area (TPSA) is 215 Å². The van der Waals surface area contributed by atoms with Gasteiger partial charge in [0.2, 0.25) is 5.91 Å². The number of urea groups is 1. The number of nitrogens with zero attached hydrogens (tertiary/aromatic N) is 4. The number of rotatable bonds is 10. The number of fused-ring (bicyclic) bond motifs is 2. The number of aliphatic imine (C=N–C) groups is 1. The number of anilines is 1. The average molecular weight is 706 g/mol. The van der Waals surface area contributed by atoms with Crippen LogP contribution >= 0.6 is 0 Å². The Hall–Kier alpha value is -6.31. The highest BCUT2D eigenvalue weighted by molar-refractivity contribution is 6.22. The first-order valence-electron chi connectivity index (χ1n) is 17.0. The normalized spacial score (nSPS) is 17.9. The lowest BCUT2D eigenvalue weighted by Gasteiger charge is -2.33. The number of guanidine groups is 1. The molecule has 6 rings (SSSR count). The summed E-state index contributed by atoms with van der Waals surface area (Å²) in [6.45, 7) is 6.52. The van der Waals surface area contributed by atoms with E-state index in [2.05, 4.69) is 15.6 Å². The lowest BCUT2D eigenvalue weighted by atomic mass is 9.86. The van der Waals surface area contributed by atoms with Crippen LogP contribution in [-0.2, 0) is 17.8 Å². The number of primary amides is 1. The zero-order valence-electron chi connectivity index (χ0n) is 29.5. The van der Waals surface area contributed by atoms with Gasteiger partial charge in [-0.1, -0.05) is 26.0 Å². The molecule has 0 spiro atoms. The Labute approximate surface area is 300 Å². The molecule has 2 aliphatic rings. The molecule has 0 saturated carbocycles. The van der Waals surface area contributed by atoms with Gasteiger partial charge in [0.15, 0.2) is 5.96 Å². The SMILES string of the molecule is CC(C)c1cc(C(=N)N(C(N)=O)c2ccc3c(ccn3CCN(C)C(=O)c3ccc(CCC4=CNC5(C)N=C(N)NC(=O)C45)cc3)c2)c(O)cc1O. The third kappa shape index (κ3) is 6.74. The molecule has 4 amide bonds. The summed E-state index contributed by atoms with van der Waals surface area (Å²) in [5.74, 6) is -1.48. The molecule has 52 heavy (non-hydrogen) atoms. The molecule has 1 aromatic heterocycles. The molecule has 4 aromatic rings. The molecule has 270 valence electrons. The lowest BCUT2D eigenvalue weighted by molar-refractivity contribution is -0.124. The van der Waals surface area contributed by atoms with Crippen LogP contribution < -0.4 is 27.0 Å². The van der Waals surface area contributed by atoms with Gasteiger partial charge < -0.3 is 36.5 Å². The standard InChI is InChI=1S/C38H43N9O5/c1-21(2)27-18-28(31(49)19-30(27)48)33(39)47(37(41)52)26-11-12-29-24(17-26)13-14-46(29)16-15-45(4)35(51)23-8-5-22(6-9-23)7-10-25-20-42-38(3)32(25)34(50)43-36(40)44-38/h5-6,8-9,11-14,17-21,32,39,42,48-49H,7,10,15-16H2,1-4H3,(H2,41,52)(H3,40,43,44,50). The zero-order valence-corrected chi connectivity index (χ0v) is 29.5. The Morgan fingerprint density at radius 1 is 1.06 bits per heavy atom. The number of hydrogen-bond acceptors (Lipinski definition) is 9. The minimum Gasteiger partial charge on any atom is -0.508 e. The Morgan fingerprint density at radius 2 is 1.79 bits per heavy atom. The molecule has 2 unspecified atom stereocenters. The number of nitrogens with one attached hydrogen (secondary N) is 3. The van der Waals surface area contributed by atoms with Crippen LogP contribution in [-0.4, -0.2) is 68.6 Å². The van der Waals surface area contributed by atoms with Gasteiger partial charge in [-0.3, -0.25) is 20.3 Å². The summed E-state index contributed by atoms with van der Waals surface area (Å²) in [5.41, 5.74) is 15.0. The second kappa shape index (κ2) is 13.8. The van der Waals surface area contributed by atoms with E-state index in [0.29, 0.717) is 42.7 Å². The molecule has 2 atom stereocenters. The monoisotopic (exact) mass is 705 g/mol. The summed E-state index contributed by atoms with van der Waals surface area (Å²) in [6, 6.07) is 16.3. The van der Waals surface area contributed by atoms with Gasteiger partial charge >= 0.3 is 6.03 Å². The molecule has 3 aromatic carbocycles. The summed E-state index contributed by atoms with van der Waals surface area (Å²) in [6.07, 6.45) is 5.08. The number of likely N-dealkylation sites (N-methyl/N-ethyl adjacent to an activating group) is 1. The molecule has 14 heteroatoms. The number of nitrogens with two attached hydrogens (primary N) is 2. The van der Waals surface area contributed by atoms with E-state index in [1.165, 1.54) is 6.07 Å².